The Hall–Kier alpha value is -3.15. The fourth-order valence-corrected chi connectivity index (χ4v) is 3.00. The first-order chi connectivity index (χ1) is 14.1. The topological polar surface area (TPSA) is 58.2 Å². The number of carbonyl (C=O) groups excluding carboxylic acids is 1. The van der Waals surface area contributed by atoms with Gasteiger partial charge in [0.2, 0.25) is 0 Å². The number of para-hydroxylation sites is 1. The molecule has 1 amide bonds. The number of aromatic nitrogens is 2. The van der Waals surface area contributed by atoms with Crippen LogP contribution in [0.1, 0.15) is 25.0 Å². The Morgan fingerprint density at radius 1 is 1.07 bits per heavy atom. The highest BCUT2D eigenvalue weighted by atomic mass is 19.1. The van der Waals surface area contributed by atoms with Crippen molar-refractivity contribution in [3.05, 3.63) is 72.2 Å². The van der Waals surface area contributed by atoms with Crippen LogP contribution in [0.3, 0.4) is 0 Å². The molecule has 0 unspecified atom stereocenters. The largest absolute Gasteiger partial charge is 0.484 e. The second-order valence-electron chi connectivity index (χ2n) is 7.01. The molecule has 152 valence electrons. The lowest BCUT2D eigenvalue weighted by Crippen LogP contribution is -2.32. The second-order valence-corrected chi connectivity index (χ2v) is 7.01. The number of halogens is 1. The van der Waals surface area contributed by atoms with Crippen molar-refractivity contribution in [3.63, 3.8) is 0 Å². The van der Waals surface area contributed by atoms with Gasteiger partial charge in [0, 0.05) is 24.8 Å². The average molecular weight is 395 g/mol. The fourth-order valence-electron chi connectivity index (χ4n) is 3.00. The number of aryl methyl sites for hydroxylation is 1. The van der Waals surface area contributed by atoms with Gasteiger partial charge < -0.3 is 9.64 Å². The predicted molar refractivity (Wildman–Crippen MR) is 111 cm³/mol. The SMILES string of the molecule is CN(CCCCCc1cc(-c2ccc(F)cc2)n[nH]1)C(=O)COc1ccccc1. The number of aromatic amines is 1. The summed E-state index contributed by atoms with van der Waals surface area (Å²) in [5.41, 5.74) is 2.78. The van der Waals surface area contributed by atoms with Crippen molar-refractivity contribution in [1.29, 1.82) is 0 Å². The number of rotatable bonds is 10. The van der Waals surface area contributed by atoms with Gasteiger partial charge in [0.05, 0.1) is 5.69 Å². The zero-order valence-electron chi connectivity index (χ0n) is 16.6. The molecule has 0 saturated carbocycles. The van der Waals surface area contributed by atoms with Crippen molar-refractivity contribution >= 4 is 5.91 Å². The molecule has 0 aliphatic heterocycles. The van der Waals surface area contributed by atoms with E-state index in [1.807, 2.05) is 36.4 Å². The maximum Gasteiger partial charge on any atom is 0.260 e. The summed E-state index contributed by atoms with van der Waals surface area (Å²) >= 11 is 0. The van der Waals surface area contributed by atoms with E-state index in [4.69, 9.17) is 4.74 Å². The molecule has 3 rings (SSSR count). The fraction of sp³-hybridized carbons (Fsp3) is 0.304. The van der Waals surface area contributed by atoms with E-state index in [2.05, 4.69) is 10.2 Å². The van der Waals surface area contributed by atoms with Crippen molar-refractivity contribution < 1.29 is 13.9 Å². The molecule has 0 bridgehead atoms. The molecule has 2 aromatic carbocycles. The molecule has 0 saturated heterocycles. The van der Waals surface area contributed by atoms with Gasteiger partial charge >= 0.3 is 0 Å². The van der Waals surface area contributed by atoms with Gasteiger partial charge in [-0.15, -0.1) is 0 Å². The van der Waals surface area contributed by atoms with Crippen LogP contribution >= 0.6 is 0 Å². The Morgan fingerprint density at radius 3 is 2.59 bits per heavy atom. The normalized spacial score (nSPS) is 10.7. The average Bonchev–Trinajstić information content (AvgIpc) is 3.21. The monoisotopic (exact) mass is 395 g/mol. The smallest absolute Gasteiger partial charge is 0.260 e. The van der Waals surface area contributed by atoms with E-state index in [9.17, 15) is 9.18 Å². The van der Waals surface area contributed by atoms with Crippen molar-refractivity contribution in [2.24, 2.45) is 0 Å². The number of benzene rings is 2. The summed E-state index contributed by atoms with van der Waals surface area (Å²) in [5, 5.41) is 7.34. The highest BCUT2D eigenvalue weighted by Crippen LogP contribution is 2.19. The number of amides is 1. The molecular formula is C23H26FN3O2. The number of nitrogens with one attached hydrogen (secondary N) is 1. The van der Waals surface area contributed by atoms with Crippen LogP contribution in [0.2, 0.25) is 0 Å². The number of likely N-dealkylation sites (N-methyl/N-ethyl adjacent to an activating group) is 1. The first-order valence-corrected chi connectivity index (χ1v) is 9.84. The molecule has 1 N–H and O–H groups in total. The minimum absolute atomic E-state index is 0.0219. The van der Waals surface area contributed by atoms with E-state index in [1.165, 1.54) is 12.1 Å². The second kappa shape index (κ2) is 10.4. The molecule has 0 radical (unpaired) electrons. The van der Waals surface area contributed by atoms with Crippen molar-refractivity contribution in [1.82, 2.24) is 15.1 Å². The van der Waals surface area contributed by atoms with E-state index < -0.39 is 0 Å². The van der Waals surface area contributed by atoms with Crippen molar-refractivity contribution in [2.45, 2.75) is 25.7 Å². The maximum atomic E-state index is 13.0. The number of hydrogen-bond acceptors (Lipinski definition) is 3. The third kappa shape index (κ3) is 6.45. The molecule has 29 heavy (non-hydrogen) atoms. The summed E-state index contributed by atoms with van der Waals surface area (Å²) in [7, 11) is 1.81. The number of carbonyl (C=O) groups is 1. The number of H-pyrrole nitrogens is 1. The Kier molecular flexibility index (Phi) is 7.39. The zero-order chi connectivity index (χ0) is 20.5. The molecule has 6 heteroatoms. The minimum Gasteiger partial charge on any atom is -0.484 e. The molecule has 0 aliphatic rings. The van der Waals surface area contributed by atoms with E-state index in [0.29, 0.717) is 12.3 Å². The van der Waals surface area contributed by atoms with Crippen LogP contribution in [0.15, 0.2) is 60.7 Å². The molecule has 0 aliphatic carbocycles. The van der Waals surface area contributed by atoms with E-state index in [-0.39, 0.29) is 18.3 Å². The summed E-state index contributed by atoms with van der Waals surface area (Å²) < 4.78 is 18.5. The number of ether oxygens (including phenoxy) is 1. The predicted octanol–water partition coefficient (Wildman–Crippen LogP) is 4.47. The van der Waals surface area contributed by atoms with Gasteiger partial charge in [-0.05, 0) is 61.7 Å². The molecule has 0 spiro atoms. The van der Waals surface area contributed by atoms with Gasteiger partial charge in [-0.25, -0.2) is 4.39 Å². The first kappa shape index (κ1) is 20.6. The standard InChI is InChI=1S/C23H26FN3O2/c1-27(23(28)17-29-21-9-5-2-6-10-21)15-7-3-4-8-20-16-22(26-25-20)18-11-13-19(24)14-12-18/h2,5-6,9-14,16H,3-4,7-8,15,17H2,1H3,(H,25,26). The summed E-state index contributed by atoms with van der Waals surface area (Å²) in [6.07, 6.45) is 3.85. The Bertz CT molecular complexity index is 894. The molecule has 1 aromatic heterocycles. The van der Waals surface area contributed by atoms with Crippen LogP contribution in [0.4, 0.5) is 4.39 Å². The van der Waals surface area contributed by atoms with Gasteiger partial charge in [-0.1, -0.05) is 24.6 Å². The molecule has 3 aromatic rings. The van der Waals surface area contributed by atoms with Gasteiger partial charge in [0.1, 0.15) is 11.6 Å². The van der Waals surface area contributed by atoms with Crippen LogP contribution in [0.5, 0.6) is 5.75 Å². The van der Waals surface area contributed by atoms with Crippen molar-refractivity contribution in [2.75, 3.05) is 20.2 Å². The van der Waals surface area contributed by atoms with Crippen LogP contribution in [-0.4, -0.2) is 41.2 Å². The molecule has 1 heterocycles. The summed E-state index contributed by atoms with van der Waals surface area (Å²) in [5.74, 6) is 0.430. The van der Waals surface area contributed by atoms with Crippen molar-refractivity contribution in [3.8, 4) is 17.0 Å². The molecule has 0 atom stereocenters. The van der Waals surface area contributed by atoms with Gasteiger partial charge in [0.15, 0.2) is 6.61 Å². The lowest BCUT2D eigenvalue weighted by atomic mass is 10.1. The summed E-state index contributed by atoms with van der Waals surface area (Å²) in [4.78, 5) is 13.8. The Labute approximate surface area is 170 Å². The Morgan fingerprint density at radius 2 is 1.83 bits per heavy atom. The highest BCUT2D eigenvalue weighted by molar-refractivity contribution is 5.77. The maximum absolute atomic E-state index is 13.0. The van der Waals surface area contributed by atoms with E-state index >= 15 is 0 Å². The summed E-state index contributed by atoms with van der Waals surface area (Å²) in [6.45, 7) is 0.765. The van der Waals surface area contributed by atoms with Gasteiger partial charge in [-0.3, -0.25) is 9.89 Å². The Balaban J connectivity index is 1.32. The van der Waals surface area contributed by atoms with Crippen LogP contribution in [0, 0.1) is 5.82 Å². The quantitative estimate of drug-likeness (QED) is 0.516. The third-order valence-electron chi connectivity index (χ3n) is 4.74. The zero-order valence-corrected chi connectivity index (χ0v) is 16.6. The molecule has 0 fully saturated rings. The molecular weight excluding hydrogens is 369 g/mol. The van der Waals surface area contributed by atoms with E-state index in [0.717, 1.165) is 42.6 Å². The van der Waals surface area contributed by atoms with Gasteiger partial charge in [-0.2, -0.15) is 5.10 Å². The third-order valence-corrected chi connectivity index (χ3v) is 4.74. The lowest BCUT2D eigenvalue weighted by molar-refractivity contribution is -0.132. The highest BCUT2D eigenvalue weighted by Gasteiger charge is 2.09. The number of unbranched alkanes of at least 4 members (excludes halogenated alkanes) is 2. The lowest BCUT2D eigenvalue weighted by Gasteiger charge is -2.17. The number of nitrogens with zero attached hydrogens (tertiary/aromatic N) is 2. The van der Waals surface area contributed by atoms with Crippen LogP contribution < -0.4 is 4.74 Å². The first-order valence-electron chi connectivity index (χ1n) is 9.84. The van der Waals surface area contributed by atoms with Gasteiger partial charge in [0.25, 0.3) is 5.91 Å². The van der Waals surface area contributed by atoms with E-state index in [1.54, 1.807) is 24.1 Å². The van der Waals surface area contributed by atoms with Crippen LogP contribution in [-0.2, 0) is 11.2 Å². The summed E-state index contributed by atoms with van der Waals surface area (Å²) in [6, 6.07) is 17.7. The number of hydrogen-bond donors (Lipinski definition) is 1. The molecule has 5 nitrogen and oxygen atoms in total. The van der Waals surface area contributed by atoms with Crippen LogP contribution in [0.25, 0.3) is 11.3 Å². The minimum atomic E-state index is -0.250.